The highest BCUT2D eigenvalue weighted by Crippen LogP contribution is 2.25. The zero-order valence-electron chi connectivity index (χ0n) is 19.0. The van der Waals surface area contributed by atoms with Crippen molar-refractivity contribution in [2.75, 3.05) is 25.5 Å². The third kappa shape index (κ3) is 6.51. The summed E-state index contributed by atoms with van der Waals surface area (Å²) in [5.41, 5.74) is 5.82. The van der Waals surface area contributed by atoms with Gasteiger partial charge in [0.05, 0.1) is 5.69 Å². The number of anilines is 1. The van der Waals surface area contributed by atoms with Crippen molar-refractivity contribution in [2.24, 2.45) is 4.99 Å². The Hall–Kier alpha value is -3.01. The van der Waals surface area contributed by atoms with Crippen LogP contribution < -0.4 is 15.6 Å². The van der Waals surface area contributed by atoms with Crippen LogP contribution in [0.25, 0.3) is 17.7 Å². The van der Waals surface area contributed by atoms with E-state index in [0.29, 0.717) is 0 Å². The number of rotatable bonds is 3. The molecule has 4 nitrogen and oxygen atoms in total. The lowest BCUT2D eigenvalue weighted by Crippen LogP contribution is -2.32. The molecule has 30 heavy (non-hydrogen) atoms. The second kappa shape index (κ2) is 11.9. The van der Waals surface area contributed by atoms with E-state index < -0.39 is 0 Å². The van der Waals surface area contributed by atoms with Crippen molar-refractivity contribution in [1.29, 1.82) is 0 Å². The van der Waals surface area contributed by atoms with E-state index in [9.17, 15) is 0 Å². The van der Waals surface area contributed by atoms with Crippen LogP contribution in [0.15, 0.2) is 59.8 Å². The van der Waals surface area contributed by atoms with Crippen molar-refractivity contribution < 1.29 is 0 Å². The predicted octanol–water partition coefficient (Wildman–Crippen LogP) is 4.83. The van der Waals surface area contributed by atoms with Crippen molar-refractivity contribution in [2.45, 2.75) is 40.0 Å². The second-order valence-electron chi connectivity index (χ2n) is 7.24. The van der Waals surface area contributed by atoms with Crippen molar-refractivity contribution in [3.63, 3.8) is 0 Å². The quantitative estimate of drug-likeness (QED) is 0.739. The second-order valence-corrected chi connectivity index (χ2v) is 7.24. The molecule has 0 radical (unpaired) electrons. The first-order valence-corrected chi connectivity index (χ1v) is 10.7. The lowest BCUT2D eigenvalue weighted by molar-refractivity contribution is 0.907. The Morgan fingerprint density at radius 1 is 1.03 bits per heavy atom. The largest absolute Gasteiger partial charge is 0.363 e. The molecule has 2 aromatic rings. The van der Waals surface area contributed by atoms with E-state index in [0.717, 1.165) is 53.6 Å². The van der Waals surface area contributed by atoms with E-state index in [1.807, 2.05) is 51.2 Å². The molecule has 0 spiro atoms. The van der Waals surface area contributed by atoms with Gasteiger partial charge in [-0.05, 0) is 55.5 Å². The number of hydrogen-bond donors (Lipinski definition) is 0. The third-order valence-electron chi connectivity index (χ3n) is 4.81. The number of fused-ring (bicyclic) bond motifs is 1. The maximum absolute atomic E-state index is 4.44. The summed E-state index contributed by atoms with van der Waals surface area (Å²) >= 11 is 0. The number of pyridine rings is 2. The Morgan fingerprint density at radius 3 is 2.43 bits per heavy atom. The van der Waals surface area contributed by atoms with Crippen molar-refractivity contribution in [3.8, 4) is 0 Å². The van der Waals surface area contributed by atoms with Crippen LogP contribution >= 0.6 is 0 Å². The number of aromatic nitrogens is 2. The lowest BCUT2D eigenvalue weighted by Gasteiger charge is -2.11. The Labute approximate surface area is 181 Å². The van der Waals surface area contributed by atoms with E-state index >= 15 is 0 Å². The summed E-state index contributed by atoms with van der Waals surface area (Å²) in [7, 11) is 3.97. The first kappa shape index (κ1) is 23.3. The van der Waals surface area contributed by atoms with Crippen molar-refractivity contribution in [1.82, 2.24) is 9.97 Å². The first-order valence-electron chi connectivity index (χ1n) is 10.7. The Morgan fingerprint density at radius 2 is 1.83 bits per heavy atom. The molecule has 0 unspecified atom stereocenters. The fourth-order valence-corrected chi connectivity index (χ4v) is 3.05. The smallest absolute Gasteiger partial charge is 0.156 e. The molecule has 0 bridgehead atoms. The van der Waals surface area contributed by atoms with Gasteiger partial charge in [-0.25, -0.2) is 4.98 Å². The van der Waals surface area contributed by atoms with Gasteiger partial charge in [-0.1, -0.05) is 56.4 Å². The summed E-state index contributed by atoms with van der Waals surface area (Å²) in [5, 5.41) is 1.16. The van der Waals surface area contributed by atoms with Gasteiger partial charge in [-0.15, -0.1) is 0 Å². The highest BCUT2D eigenvalue weighted by atomic mass is 15.1. The average molecular weight is 403 g/mol. The van der Waals surface area contributed by atoms with E-state index in [-0.39, 0.29) is 0 Å². The maximum atomic E-state index is 4.44. The summed E-state index contributed by atoms with van der Waals surface area (Å²) in [6.07, 6.45) is 13.5. The van der Waals surface area contributed by atoms with Gasteiger partial charge in [0, 0.05) is 32.1 Å². The zero-order valence-corrected chi connectivity index (χ0v) is 19.0. The number of hydrogen-bond acceptors (Lipinski definition) is 4. The van der Waals surface area contributed by atoms with Gasteiger partial charge >= 0.3 is 0 Å². The summed E-state index contributed by atoms with van der Waals surface area (Å²) in [4.78, 5) is 15.2. The normalized spacial score (nSPS) is 14.0. The standard InChI is InChI=1S/C14H15N.C10H13N3.C2H6/c1-3-12-6-9-14(15-10-12)13-7-4-11(2)5-8-13;1-13(2)9-6-5-8-4-3-7-11-10(8)12-9;1-2/h3-4,6-7,9-10H,1,5,8H2,2H3;4-6H,3,7H2,1-2H3;1-2H3. The molecule has 158 valence electrons. The molecule has 4 heteroatoms. The summed E-state index contributed by atoms with van der Waals surface area (Å²) < 4.78 is 0. The molecule has 2 aliphatic rings. The highest BCUT2D eigenvalue weighted by Gasteiger charge is 2.06. The Bertz CT molecular complexity index is 1010. The summed E-state index contributed by atoms with van der Waals surface area (Å²) in [6.45, 7) is 10.8. The van der Waals surface area contributed by atoms with Crippen LogP contribution in [0, 0.1) is 0 Å². The minimum atomic E-state index is 0.872. The monoisotopic (exact) mass is 402 g/mol. The van der Waals surface area contributed by atoms with Gasteiger partial charge in [0.2, 0.25) is 0 Å². The van der Waals surface area contributed by atoms with Crippen LogP contribution in [0.2, 0.25) is 0 Å². The van der Waals surface area contributed by atoms with Crippen molar-refractivity contribution >= 4 is 23.5 Å². The molecule has 0 aromatic carbocycles. The fraction of sp³-hybridized carbons (Fsp3) is 0.346. The van der Waals surface area contributed by atoms with Gasteiger partial charge in [-0.2, -0.15) is 0 Å². The first-order chi connectivity index (χ1) is 14.6. The molecule has 0 fully saturated rings. The van der Waals surface area contributed by atoms with Crippen LogP contribution in [0.5, 0.6) is 0 Å². The number of allylic oxidation sites excluding steroid dienone is 4. The van der Waals surface area contributed by atoms with E-state index in [1.165, 1.54) is 11.1 Å². The molecule has 0 N–H and O–H groups in total. The molecule has 0 atom stereocenters. The lowest BCUT2D eigenvalue weighted by atomic mass is 9.97. The molecular weight excluding hydrogens is 368 g/mol. The molecule has 4 rings (SSSR count). The predicted molar refractivity (Wildman–Crippen MR) is 130 cm³/mol. The molecule has 0 amide bonds. The minimum absolute atomic E-state index is 0.872. The third-order valence-corrected chi connectivity index (χ3v) is 4.81. The molecule has 1 aliphatic carbocycles. The molecular formula is C26H34N4. The summed E-state index contributed by atoms with van der Waals surface area (Å²) in [5.74, 6) is 0.970. The van der Waals surface area contributed by atoms with Crippen molar-refractivity contribution in [3.05, 3.63) is 76.7 Å². The molecule has 1 aliphatic heterocycles. The highest BCUT2D eigenvalue weighted by molar-refractivity contribution is 5.66. The SMILES string of the molecule is C=Cc1ccc(C2=CC=C(C)CC2)nc1.CC.CN(C)c1ccc2c(n1)=NCCC=2. The maximum Gasteiger partial charge on any atom is 0.156 e. The average Bonchev–Trinajstić information content (AvgIpc) is 2.81. The topological polar surface area (TPSA) is 41.4 Å². The Kier molecular flexibility index (Phi) is 9.20. The van der Waals surface area contributed by atoms with Gasteiger partial charge in [0.1, 0.15) is 5.82 Å². The van der Waals surface area contributed by atoms with Gasteiger partial charge in [0.15, 0.2) is 5.49 Å². The minimum Gasteiger partial charge on any atom is -0.363 e. The molecule has 0 saturated carbocycles. The van der Waals surface area contributed by atoms with Crippen LogP contribution in [0.1, 0.15) is 51.3 Å². The van der Waals surface area contributed by atoms with E-state index in [4.69, 9.17) is 0 Å². The van der Waals surface area contributed by atoms with Gasteiger partial charge < -0.3 is 4.90 Å². The van der Waals surface area contributed by atoms with Gasteiger partial charge in [0.25, 0.3) is 0 Å². The molecule has 2 aromatic heterocycles. The molecule has 0 saturated heterocycles. The Balaban J connectivity index is 0.000000199. The zero-order chi connectivity index (χ0) is 21.9. The van der Waals surface area contributed by atoms with Gasteiger partial charge in [-0.3, -0.25) is 9.98 Å². The molecule has 3 heterocycles. The van der Waals surface area contributed by atoms with Crippen LogP contribution in [-0.2, 0) is 0 Å². The van der Waals surface area contributed by atoms with Crippen LogP contribution in [0.4, 0.5) is 5.82 Å². The van der Waals surface area contributed by atoms with Crippen LogP contribution in [-0.4, -0.2) is 30.6 Å². The number of nitrogens with zero attached hydrogens (tertiary/aromatic N) is 4. The summed E-state index contributed by atoms with van der Waals surface area (Å²) in [6, 6.07) is 8.23. The fourth-order valence-electron chi connectivity index (χ4n) is 3.05. The van der Waals surface area contributed by atoms with E-state index in [1.54, 1.807) is 0 Å². The van der Waals surface area contributed by atoms with Crippen LogP contribution in [0.3, 0.4) is 0 Å². The van der Waals surface area contributed by atoms with E-state index in [2.05, 4.69) is 64.9 Å².